The molecule has 3 aromatic rings. The lowest BCUT2D eigenvalue weighted by molar-refractivity contribution is -0.123. The average Bonchev–Trinajstić information content (AvgIpc) is 3.08. The number of benzene rings is 2. The van der Waals surface area contributed by atoms with Crippen LogP contribution in [0.3, 0.4) is 0 Å². The van der Waals surface area contributed by atoms with Crippen LogP contribution in [0.1, 0.15) is 35.7 Å². The summed E-state index contributed by atoms with van der Waals surface area (Å²) < 4.78 is 29.8. The molecule has 0 fully saturated rings. The van der Waals surface area contributed by atoms with Gasteiger partial charge < -0.3 is 5.32 Å². The van der Waals surface area contributed by atoms with Gasteiger partial charge in [0.05, 0.1) is 12.5 Å². The summed E-state index contributed by atoms with van der Waals surface area (Å²) in [5.41, 5.74) is 0.702. The molecule has 2 heterocycles. The zero-order valence-corrected chi connectivity index (χ0v) is 17.4. The summed E-state index contributed by atoms with van der Waals surface area (Å²) in [5, 5.41) is 7.44. The number of carbonyl (C=O) groups is 1. The van der Waals surface area contributed by atoms with Gasteiger partial charge in [-0.15, -0.1) is 0 Å². The third kappa shape index (κ3) is 4.54. The minimum Gasteiger partial charge on any atom is -0.355 e. The first-order valence-corrected chi connectivity index (χ1v) is 10.4. The first-order valence-electron chi connectivity index (χ1n) is 10.1. The third-order valence-corrected chi connectivity index (χ3v) is 5.80. The number of halogens is 3. The molecule has 0 aliphatic carbocycles. The number of hydrogen-bond donors (Lipinski definition) is 1. The number of carbonyl (C=O) groups excluding carboxylic acids is 1. The molecule has 4 rings (SSSR count). The summed E-state index contributed by atoms with van der Waals surface area (Å²) in [5.74, 6) is -1.22. The van der Waals surface area contributed by atoms with E-state index in [1.54, 1.807) is 18.2 Å². The van der Waals surface area contributed by atoms with Crippen molar-refractivity contribution in [3.63, 3.8) is 0 Å². The summed E-state index contributed by atoms with van der Waals surface area (Å²) in [7, 11) is 0. The molecule has 9 heteroatoms. The maximum atomic E-state index is 14.1. The van der Waals surface area contributed by atoms with Crippen molar-refractivity contribution >= 4 is 17.5 Å². The Bertz CT molecular complexity index is 1140. The fourth-order valence-corrected chi connectivity index (χ4v) is 4.02. The normalized spacial score (nSPS) is 15.5. The largest absolute Gasteiger partial charge is 0.355 e. The van der Waals surface area contributed by atoms with E-state index in [4.69, 9.17) is 11.6 Å². The molecule has 1 atom stereocenters. The first kappa shape index (κ1) is 21.2. The number of hydrogen-bond acceptors (Lipinski definition) is 3. The van der Waals surface area contributed by atoms with Crippen LogP contribution in [0.25, 0.3) is 0 Å². The summed E-state index contributed by atoms with van der Waals surface area (Å²) in [6.45, 7) is 0.735. The maximum Gasteiger partial charge on any atom is 0.346 e. The number of nitrogens with zero attached hydrogens (tertiary/aromatic N) is 3. The van der Waals surface area contributed by atoms with E-state index in [0.717, 1.165) is 10.2 Å². The van der Waals surface area contributed by atoms with Gasteiger partial charge in [-0.2, -0.15) is 5.10 Å². The molecule has 1 unspecified atom stereocenters. The van der Waals surface area contributed by atoms with E-state index in [-0.39, 0.29) is 28.9 Å². The van der Waals surface area contributed by atoms with Crippen molar-refractivity contribution in [1.82, 2.24) is 19.7 Å². The minimum absolute atomic E-state index is 0.108. The van der Waals surface area contributed by atoms with Gasteiger partial charge in [0.25, 0.3) is 0 Å². The highest BCUT2D eigenvalue weighted by Gasteiger charge is 2.31. The highest BCUT2D eigenvalue weighted by atomic mass is 35.5. The highest BCUT2D eigenvalue weighted by molar-refractivity contribution is 6.31. The molecule has 0 spiro atoms. The molecule has 1 aliphatic rings. The molecule has 1 amide bonds. The molecular formula is C22H21ClF2N4O2. The summed E-state index contributed by atoms with van der Waals surface area (Å²) in [6.07, 6.45) is 1.79. The second-order valence-electron chi connectivity index (χ2n) is 7.51. The van der Waals surface area contributed by atoms with E-state index < -0.39 is 17.4 Å². The molecule has 0 radical (unpaired) electrons. The van der Waals surface area contributed by atoms with Crippen LogP contribution >= 0.6 is 11.6 Å². The predicted molar refractivity (Wildman–Crippen MR) is 112 cm³/mol. The van der Waals surface area contributed by atoms with Crippen molar-refractivity contribution in [2.75, 3.05) is 6.54 Å². The summed E-state index contributed by atoms with van der Waals surface area (Å²) in [6, 6.07) is 10.4. The molecule has 0 saturated carbocycles. The molecular weight excluding hydrogens is 426 g/mol. The monoisotopic (exact) mass is 446 g/mol. The number of amides is 1. The SMILES string of the molecule is O=C(NCCc1ccc(F)cc1)C1CCCn2c1nn(Cc1c(F)cccc1Cl)c2=O. The minimum atomic E-state index is -0.563. The van der Waals surface area contributed by atoms with E-state index in [1.165, 1.54) is 28.8 Å². The molecule has 2 aromatic carbocycles. The van der Waals surface area contributed by atoms with Crippen molar-refractivity contribution in [2.24, 2.45) is 0 Å². The lowest BCUT2D eigenvalue weighted by atomic mass is 9.98. The predicted octanol–water partition coefficient (Wildman–Crippen LogP) is 3.26. The maximum absolute atomic E-state index is 14.1. The standard InChI is InChI=1S/C22H21ClF2N4O2/c23-18-4-1-5-19(25)17(18)13-29-22(31)28-12-2-3-16(20(28)27-29)21(30)26-11-10-14-6-8-15(24)9-7-14/h1,4-9,16H,2-3,10-13H2,(H,26,30). The van der Waals surface area contributed by atoms with Gasteiger partial charge in [0.1, 0.15) is 17.5 Å². The van der Waals surface area contributed by atoms with E-state index in [9.17, 15) is 18.4 Å². The molecule has 31 heavy (non-hydrogen) atoms. The smallest absolute Gasteiger partial charge is 0.346 e. The fourth-order valence-electron chi connectivity index (χ4n) is 3.80. The molecule has 1 aliphatic heterocycles. The number of fused-ring (bicyclic) bond motifs is 1. The molecule has 0 bridgehead atoms. The van der Waals surface area contributed by atoms with Crippen LogP contribution < -0.4 is 11.0 Å². The van der Waals surface area contributed by atoms with Crippen LogP contribution in [-0.4, -0.2) is 26.8 Å². The Labute approximate surface area is 182 Å². The number of rotatable bonds is 6. The van der Waals surface area contributed by atoms with E-state index >= 15 is 0 Å². The lowest BCUT2D eigenvalue weighted by Gasteiger charge is -2.21. The number of nitrogens with one attached hydrogen (secondary N) is 1. The van der Waals surface area contributed by atoms with Crippen LogP contribution in [0.4, 0.5) is 8.78 Å². The number of aromatic nitrogens is 3. The van der Waals surface area contributed by atoms with Gasteiger partial charge in [-0.1, -0.05) is 29.8 Å². The van der Waals surface area contributed by atoms with E-state index in [1.807, 2.05) is 0 Å². The topological polar surface area (TPSA) is 68.9 Å². The van der Waals surface area contributed by atoms with Crippen molar-refractivity contribution in [2.45, 2.75) is 38.3 Å². The van der Waals surface area contributed by atoms with E-state index in [0.29, 0.717) is 38.2 Å². The Morgan fingerprint density at radius 1 is 1.19 bits per heavy atom. The highest BCUT2D eigenvalue weighted by Crippen LogP contribution is 2.25. The second-order valence-corrected chi connectivity index (χ2v) is 7.92. The zero-order valence-electron chi connectivity index (χ0n) is 16.7. The first-order chi connectivity index (χ1) is 14.9. The Kier molecular flexibility index (Phi) is 6.18. The van der Waals surface area contributed by atoms with Crippen LogP contribution in [-0.2, 0) is 24.3 Å². The van der Waals surface area contributed by atoms with Gasteiger partial charge in [-0.25, -0.2) is 18.3 Å². The Balaban J connectivity index is 1.48. The molecule has 162 valence electrons. The van der Waals surface area contributed by atoms with Gasteiger partial charge in [0, 0.05) is 23.7 Å². The average molecular weight is 447 g/mol. The lowest BCUT2D eigenvalue weighted by Crippen LogP contribution is -2.36. The van der Waals surface area contributed by atoms with E-state index in [2.05, 4.69) is 10.4 Å². The van der Waals surface area contributed by atoms with Gasteiger partial charge in [-0.05, 0) is 49.1 Å². The van der Waals surface area contributed by atoms with Crippen LogP contribution in [0.15, 0.2) is 47.3 Å². The third-order valence-electron chi connectivity index (χ3n) is 5.45. The van der Waals surface area contributed by atoms with Crippen molar-refractivity contribution in [3.05, 3.63) is 86.6 Å². The van der Waals surface area contributed by atoms with Crippen molar-refractivity contribution < 1.29 is 13.6 Å². The molecule has 0 saturated heterocycles. The molecule has 1 aromatic heterocycles. The summed E-state index contributed by atoms with van der Waals surface area (Å²) in [4.78, 5) is 25.5. The quantitative estimate of drug-likeness (QED) is 0.632. The van der Waals surface area contributed by atoms with Crippen molar-refractivity contribution in [1.29, 1.82) is 0 Å². The second kappa shape index (κ2) is 9.01. The Morgan fingerprint density at radius 3 is 2.71 bits per heavy atom. The van der Waals surface area contributed by atoms with Crippen molar-refractivity contribution in [3.8, 4) is 0 Å². The van der Waals surface area contributed by atoms with Gasteiger partial charge in [0.15, 0.2) is 0 Å². The van der Waals surface area contributed by atoms with Gasteiger partial charge >= 0.3 is 5.69 Å². The molecule has 6 nitrogen and oxygen atoms in total. The molecule has 1 N–H and O–H groups in total. The zero-order chi connectivity index (χ0) is 22.0. The Hall–Kier alpha value is -3.00. The fraction of sp³-hybridized carbons (Fsp3) is 0.318. The van der Waals surface area contributed by atoms with Crippen LogP contribution in [0, 0.1) is 11.6 Å². The van der Waals surface area contributed by atoms with Crippen LogP contribution in [0.5, 0.6) is 0 Å². The van der Waals surface area contributed by atoms with Gasteiger partial charge in [0.2, 0.25) is 5.91 Å². The summed E-state index contributed by atoms with van der Waals surface area (Å²) >= 11 is 6.08. The van der Waals surface area contributed by atoms with Gasteiger partial charge in [-0.3, -0.25) is 9.36 Å². The Morgan fingerprint density at radius 2 is 1.97 bits per heavy atom. The van der Waals surface area contributed by atoms with Crippen LogP contribution in [0.2, 0.25) is 5.02 Å².